The van der Waals surface area contributed by atoms with E-state index in [9.17, 15) is 0 Å². The highest BCUT2D eigenvalue weighted by Crippen LogP contribution is 2.15. The molecule has 1 atom stereocenters. The Morgan fingerprint density at radius 2 is 2.36 bits per heavy atom. The fourth-order valence-corrected chi connectivity index (χ4v) is 1.79. The maximum absolute atomic E-state index is 4.32. The molecule has 0 amide bonds. The molecule has 1 aromatic rings. The minimum atomic E-state index is 0.478. The number of likely N-dealkylation sites (N-methyl/N-ethyl adjacent to an activating group) is 1. The van der Waals surface area contributed by atoms with Crippen LogP contribution in [0.4, 0.5) is 0 Å². The van der Waals surface area contributed by atoms with Gasteiger partial charge in [0.2, 0.25) is 0 Å². The lowest BCUT2D eigenvalue weighted by atomic mass is 10.2. The van der Waals surface area contributed by atoms with Crippen molar-refractivity contribution >= 4 is 15.9 Å². The Morgan fingerprint density at radius 1 is 1.57 bits per heavy atom. The molecule has 1 heterocycles. The van der Waals surface area contributed by atoms with E-state index in [1.54, 1.807) is 0 Å². The topological polar surface area (TPSA) is 29.9 Å². The molecular weight excluding hydrogens is 242 g/mol. The van der Waals surface area contributed by atoms with Crippen molar-refractivity contribution in [3.63, 3.8) is 0 Å². The van der Waals surface area contributed by atoms with Gasteiger partial charge >= 0.3 is 0 Å². The molecule has 0 saturated carbocycles. The summed E-state index contributed by atoms with van der Waals surface area (Å²) in [5, 5.41) is 7.68. The van der Waals surface area contributed by atoms with Gasteiger partial charge in [0.25, 0.3) is 0 Å². The summed E-state index contributed by atoms with van der Waals surface area (Å²) in [6, 6.07) is 0.478. The van der Waals surface area contributed by atoms with Crippen LogP contribution < -0.4 is 5.32 Å². The Hall–Kier alpha value is -0.350. The van der Waals surface area contributed by atoms with E-state index in [4.69, 9.17) is 0 Å². The maximum Gasteiger partial charge on any atom is 0.0643 e. The van der Waals surface area contributed by atoms with Gasteiger partial charge in [0.05, 0.1) is 16.7 Å². The molecule has 1 N–H and O–H groups in total. The molecule has 0 bridgehead atoms. The number of aromatic nitrogens is 2. The first-order chi connectivity index (χ1) is 6.77. The molecule has 1 rings (SSSR count). The zero-order valence-electron chi connectivity index (χ0n) is 8.83. The Morgan fingerprint density at radius 3 is 2.86 bits per heavy atom. The number of rotatable bonds is 6. The lowest BCUT2D eigenvalue weighted by Crippen LogP contribution is -2.25. The first kappa shape index (κ1) is 11.7. The van der Waals surface area contributed by atoms with Crippen molar-refractivity contribution < 1.29 is 0 Å². The molecule has 3 nitrogen and oxygen atoms in total. The Labute approximate surface area is 94.0 Å². The second kappa shape index (κ2) is 6.19. The lowest BCUT2D eigenvalue weighted by molar-refractivity contribution is 0.399. The molecule has 0 spiro atoms. The van der Waals surface area contributed by atoms with Crippen molar-refractivity contribution in [2.75, 3.05) is 13.1 Å². The van der Waals surface area contributed by atoms with Gasteiger partial charge in [0.1, 0.15) is 0 Å². The van der Waals surface area contributed by atoms with Crippen molar-refractivity contribution in [3.8, 4) is 0 Å². The summed E-state index contributed by atoms with van der Waals surface area (Å²) in [5.74, 6) is 0. The number of hydrogen-bond acceptors (Lipinski definition) is 2. The monoisotopic (exact) mass is 259 g/mol. The van der Waals surface area contributed by atoms with Crippen LogP contribution in [0.1, 0.15) is 32.7 Å². The van der Waals surface area contributed by atoms with Gasteiger partial charge in [-0.3, -0.25) is 4.68 Å². The van der Waals surface area contributed by atoms with Crippen molar-refractivity contribution in [1.29, 1.82) is 0 Å². The van der Waals surface area contributed by atoms with Crippen molar-refractivity contribution in [2.45, 2.75) is 32.7 Å². The van der Waals surface area contributed by atoms with E-state index < -0.39 is 0 Å². The molecule has 0 fully saturated rings. The molecule has 14 heavy (non-hydrogen) atoms. The third-order valence-corrected chi connectivity index (χ3v) is 2.61. The predicted molar refractivity (Wildman–Crippen MR) is 62.4 cm³/mol. The van der Waals surface area contributed by atoms with Gasteiger partial charge in [0.15, 0.2) is 0 Å². The van der Waals surface area contributed by atoms with Crippen LogP contribution in [0, 0.1) is 0 Å². The van der Waals surface area contributed by atoms with Crippen LogP contribution in [0.15, 0.2) is 16.9 Å². The SMILES string of the molecule is CCCC(CNCC)n1cc(Br)cn1. The van der Waals surface area contributed by atoms with Crippen molar-refractivity contribution in [2.24, 2.45) is 0 Å². The van der Waals surface area contributed by atoms with E-state index in [0.717, 1.165) is 17.6 Å². The highest BCUT2D eigenvalue weighted by atomic mass is 79.9. The molecule has 0 aliphatic heterocycles. The molecule has 1 aromatic heterocycles. The number of hydrogen-bond donors (Lipinski definition) is 1. The van der Waals surface area contributed by atoms with Gasteiger partial charge in [-0.2, -0.15) is 5.10 Å². The Kier molecular flexibility index (Phi) is 5.19. The van der Waals surface area contributed by atoms with Crippen LogP contribution in [-0.4, -0.2) is 22.9 Å². The molecule has 1 unspecified atom stereocenters. The van der Waals surface area contributed by atoms with E-state index >= 15 is 0 Å². The van der Waals surface area contributed by atoms with Crippen LogP contribution in [0.25, 0.3) is 0 Å². The molecule has 0 aromatic carbocycles. The van der Waals surface area contributed by atoms with E-state index in [2.05, 4.69) is 40.2 Å². The smallest absolute Gasteiger partial charge is 0.0643 e. The average molecular weight is 260 g/mol. The van der Waals surface area contributed by atoms with E-state index in [0.29, 0.717) is 6.04 Å². The van der Waals surface area contributed by atoms with Gasteiger partial charge in [0, 0.05) is 12.7 Å². The van der Waals surface area contributed by atoms with Crippen LogP contribution in [-0.2, 0) is 0 Å². The fourth-order valence-electron chi connectivity index (χ4n) is 1.49. The Balaban J connectivity index is 2.57. The lowest BCUT2D eigenvalue weighted by Gasteiger charge is -2.16. The normalized spacial score (nSPS) is 13.1. The zero-order valence-corrected chi connectivity index (χ0v) is 10.4. The van der Waals surface area contributed by atoms with Crippen molar-refractivity contribution in [1.82, 2.24) is 15.1 Å². The van der Waals surface area contributed by atoms with Crippen LogP contribution in [0.2, 0.25) is 0 Å². The molecule has 0 aliphatic carbocycles. The third kappa shape index (κ3) is 3.42. The second-order valence-corrected chi connectivity index (χ2v) is 4.30. The van der Waals surface area contributed by atoms with Crippen LogP contribution in [0.5, 0.6) is 0 Å². The first-order valence-electron chi connectivity index (χ1n) is 5.18. The van der Waals surface area contributed by atoms with Gasteiger partial charge in [-0.25, -0.2) is 0 Å². The minimum absolute atomic E-state index is 0.478. The van der Waals surface area contributed by atoms with E-state index in [1.165, 1.54) is 12.8 Å². The molecule has 80 valence electrons. The third-order valence-electron chi connectivity index (χ3n) is 2.20. The highest BCUT2D eigenvalue weighted by molar-refractivity contribution is 9.10. The molecule has 0 saturated heterocycles. The maximum atomic E-state index is 4.32. The summed E-state index contributed by atoms with van der Waals surface area (Å²) in [4.78, 5) is 0. The van der Waals surface area contributed by atoms with Gasteiger partial charge in [-0.15, -0.1) is 0 Å². The highest BCUT2D eigenvalue weighted by Gasteiger charge is 2.09. The Bertz CT molecular complexity index is 260. The molecule has 0 aliphatic rings. The zero-order chi connectivity index (χ0) is 10.4. The average Bonchev–Trinajstić information content (AvgIpc) is 2.59. The minimum Gasteiger partial charge on any atom is -0.315 e. The quantitative estimate of drug-likeness (QED) is 0.852. The molecule has 4 heteroatoms. The van der Waals surface area contributed by atoms with Gasteiger partial charge in [-0.05, 0) is 28.9 Å². The van der Waals surface area contributed by atoms with Gasteiger partial charge in [-0.1, -0.05) is 20.3 Å². The summed E-state index contributed by atoms with van der Waals surface area (Å²) in [6.45, 7) is 6.35. The fraction of sp³-hybridized carbons (Fsp3) is 0.700. The van der Waals surface area contributed by atoms with Crippen LogP contribution in [0.3, 0.4) is 0 Å². The van der Waals surface area contributed by atoms with Crippen molar-refractivity contribution in [3.05, 3.63) is 16.9 Å². The summed E-state index contributed by atoms with van der Waals surface area (Å²) < 4.78 is 3.09. The second-order valence-electron chi connectivity index (χ2n) is 3.39. The van der Waals surface area contributed by atoms with Crippen LogP contribution >= 0.6 is 15.9 Å². The van der Waals surface area contributed by atoms with Gasteiger partial charge < -0.3 is 5.32 Å². The largest absolute Gasteiger partial charge is 0.315 e. The number of nitrogens with one attached hydrogen (secondary N) is 1. The molecule has 0 radical (unpaired) electrons. The summed E-state index contributed by atoms with van der Waals surface area (Å²) in [7, 11) is 0. The standard InChI is InChI=1S/C10H18BrN3/c1-3-5-10(7-12-4-2)14-8-9(11)6-13-14/h6,8,10,12H,3-5,7H2,1-2H3. The van der Waals surface area contributed by atoms with E-state index in [1.807, 2.05) is 17.1 Å². The number of halogens is 1. The number of nitrogens with zero attached hydrogens (tertiary/aromatic N) is 2. The summed E-state index contributed by atoms with van der Waals surface area (Å²) in [5.41, 5.74) is 0. The predicted octanol–water partition coefficient (Wildman–Crippen LogP) is 2.60. The molecular formula is C10H18BrN3. The summed E-state index contributed by atoms with van der Waals surface area (Å²) >= 11 is 3.42. The summed E-state index contributed by atoms with van der Waals surface area (Å²) in [6.07, 6.45) is 6.24. The van der Waals surface area contributed by atoms with E-state index in [-0.39, 0.29) is 0 Å². The first-order valence-corrected chi connectivity index (χ1v) is 5.97.